The zero-order valence-corrected chi connectivity index (χ0v) is 8.43. The predicted molar refractivity (Wildman–Crippen MR) is 50.5 cm³/mol. The third kappa shape index (κ3) is 2.29. The van der Waals surface area contributed by atoms with E-state index in [1.807, 2.05) is 6.92 Å². The molecule has 0 atom stereocenters. The van der Waals surface area contributed by atoms with Crippen molar-refractivity contribution in [2.75, 3.05) is 6.54 Å². The maximum Gasteiger partial charge on any atom is 0.257 e. The van der Waals surface area contributed by atoms with Crippen molar-refractivity contribution < 1.29 is 8.78 Å². The number of halogens is 2. The second-order valence-corrected chi connectivity index (χ2v) is 3.26. The summed E-state index contributed by atoms with van der Waals surface area (Å²) in [6.07, 6.45) is -1.67. The first-order chi connectivity index (χ1) is 6.56. The first-order valence-corrected chi connectivity index (χ1v) is 4.57. The molecule has 1 rings (SSSR count). The van der Waals surface area contributed by atoms with E-state index in [0.717, 1.165) is 17.0 Å². The molecule has 80 valence electrons. The van der Waals surface area contributed by atoms with E-state index in [9.17, 15) is 8.78 Å². The number of alkyl halides is 2. The Kier molecular flexibility index (Phi) is 3.57. The van der Waals surface area contributed by atoms with Crippen LogP contribution in [0.4, 0.5) is 8.78 Å². The Hall–Kier alpha value is -0.970. The van der Waals surface area contributed by atoms with Crippen LogP contribution in [0.2, 0.25) is 0 Å². The quantitative estimate of drug-likeness (QED) is 0.800. The van der Waals surface area contributed by atoms with E-state index in [4.69, 9.17) is 5.73 Å². The zero-order valence-electron chi connectivity index (χ0n) is 8.43. The minimum absolute atomic E-state index is 0.336. The van der Waals surface area contributed by atoms with Gasteiger partial charge in [0.2, 0.25) is 0 Å². The van der Waals surface area contributed by atoms with Crippen LogP contribution in [0.25, 0.3) is 0 Å². The fraction of sp³-hybridized carbons (Fsp3) is 0.667. The summed E-state index contributed by atoms with van der Waals surface area (Å²) in [6.45, 7) is 3.80. The van der Waals surface area contributed by atoms with Crippen molar-refractivity contribution >= 4 is 0 Å². The SMILES string of the molecule is Cc1nn(CC(F)F)c(C)c1CCN. The van der Waals surface area contributed by atoms with Gasteiger partial charge in [0.25, 0.3) is 6.43 Å². The van der Waals surface area contributed by atoms with Crippen LogP contribution >= 0.6 is 0 Å². The van der Waals surface area contributed by atoms with Gasteiger partial charge >= 0.3 is 0 Å². The Bertz CT molecular complexity index is 307. The van der Waals surface area contributed by atoms with Crippen LogP contribution in [0.15, 0.2) is 0 Å². The van der Waals surface area contributed by atoms with E-state index in [-0.39, 0.29) is 6.54 Å². The van der Waals surface area contributed by atoms with Gasteiger partial charge < -0.3 is 5.73 Å². The summed E-state index contributed by atoms with van der Waals surface area (Å²) in [5.41, 5.74) is 8.02. The van der Waals surface area contributed by atoms with Gasteiger partial charge in [0.1, 0.15) is 6.54 Å². The third-order valence-electron chi connectivity index (χ3n) is 2.24. The Morgan fingerprint density at radius 1 is 1.43 bits per heavy atom. The molecule has 0 aliphatic carbocycles. The largest absolute Gasteiger partial charge is 0.330 e. The topological polar surface area (TPSA) is 43.8 Å². The number of nitrogens with two attached hydrogens (primary N) is 1. The van der Waals surface area contributed by atoms with Crippen LogP contribution in [0.5, 0.6) is 0 Å². The third-order valence-corrected chi connectivity index (χ3v) is 2.24. The first-order valence-electron chi connectivity index (χ1n) is 4.57. The number of hydrogen-bond donors (Lipinski definition) is 1. The highest BCUT2D eigenvalue weighted by molar-refractivity contribution is 5.24. The predicted octanol–water partition coefficient (Wildman–Crippen LogP) is 1.27. The maximum absolute atomic E-state index is 12.1. The van der Waals surface area contributed by atoms with Gasteiger partial charge in [0, 0.05) is 5.69 Å². The molecule has 0 saturated carbocycles. The Morgan fingerprint density at radius 2 is 2.07 bits per heavy atom. The van der Waals surface area contributed by atoms with Crippen molar-refractivity contribution in [1.82, 2.24) is 9.78 Å². The molecule has 0 amide bonds. The number of nitrogens with zero attached hydrogens (tertiary/aromatic N) is 2. The molecule has 0 fully saturated rings. The monoisotopic (exact) mass is 203 g/mol. The summed E-state index contributed by atoms with van der Waals surface area (Å²) in [6, 6.07) is 0. The van der Waals surface area contributed by atoms with Gasteiger partial charge in [0.05, 0.1) is 5.69 Å². The van der Waals surface area contributed by atoms with Gasteiger partial charge in [-0.25, -0.2) is 8.78 Å². The smallest absolute Gasteiger partial charge is 0.257 e. The Labute approximate surface area is 81.9 Å². The molecule has 5 heteroatoms. The molecule has 1 aromatic rings. The molecule has 0 spiro atoms. The number of hydrogen-bond acceptors (Lipinski definition) is 2. The minimum atomic E-state index is -2.36. The van der Waals surface area contributed by atoms with E-state index in [0.29, 0.717) is 13.0 Å². The van der Waals surface area contributed by atoms with Crippen LogP contribution in [0.1, 0.15) is 17.0 Å². The van der Waals surface area contributed by atoms with Crippen molar-refractivity contribution in [3.8, 4) is 0 Å². The number of aromatic nitrogens is 2. The van der Waals surface area contributed by atoms with Crippen LogP contribution in [-0.4, -0.2) is 22.8 Å². The summed E-state index contributed by atoms with van der Waals surface area (Å²) in [5, 5.41) is 4.05. The summed E-state index contributed by atoms with van der Waals surface area (Å²) in [7, 11) is 0. The molecule has 0 aliphatic heterocycles. The molecule has 0 radical (unpaired) electrons. The molecule has 0 aromatic carbocycles. The number of aryl methyl sites for hydroxylation is 1. The lowest BCUT2D eigenvalue weighted by Crippen LogP contribution is -2.10. The van der Waals surface area contributed by atoms with Crippen LogP contribution in [0, 0.1) is 13.8 Å². The average molecular weight is 203 g/mol. The highest BCUT2D eigenvalue weighted by Gasteiger charge is 2.13. The molecule has 0 saturated heterocycles. The maximum atomic E-state index is 12.1. The Morgan fingerprint density at radius 3 is 2.57 bits per heavy atom. The van der Waals surface area contributed by atoms with Crippen LogP contribution in [-0.2, 0) is 13.0 Å². The van der Waals surface area contributed by atoms with E-state index in [2.05, 4.69) is 5.10 Å². The molecular formula is C9H15F2N3. The van der Waals surface area contributed by atoms with Gasteiger partial charge in [0.15, 0.2) is 0 Å². The number of rotatable bonds is 4. The molecule has 0 aliphatic rings. The van der Waals surface area contributed by atoms with E-state index in [1.165, 1.54) is 4.68 Å². The Balaban J connectivity index is 2.92. The van der Waals surface area contributed by atoms with Crippen molar-refractivity contribution in [1.29, 1.82) is 0 Å². The summed E-state index contributed by atoms with van der Waals surface area (Å²) in [4.78, 5) is 0. The van der Waals surface area contributed by atoms with Gasteiger partial charge in [-0.1, -0.05) is 0 Å². The average Bonchev–Trinajstić information content (AvgIpc) is 2.32. The summed E-state index contributed by atoms with van der Waals surface area (Å²) in [5.74, 6) is 0. The summed E-state index contributed by atoms with van der Waals surface area (Å²) < 4.78 is 25.6. The second-order valence-electron chi connectivity index (χ2n) is 3.26. The van der Waals surface area contributed by atoms with E-state index < -0.39 is 6.43 Å². The van der Waals surface area contributed by atoms with Crippen molar-refractivity contribution in [3.05, 3.63) is 17.0 Å². The summed E-state index contributed by atoms with van der Waals surface area (Å²) >= 11 is 0. The van der Waals surface area contributed by atoms with Gasteiger partial charge in [-0.3, -0.25) is 4.68 Å². The standard InChI is InChI=1S/C9H15F2N3/c1-6-8(3-4-12)7(2)14(13-6)5-9(10)11/h9H,3-5,12H2,1-2H3. The lowest BCUT2D eigenvalue weighted by Gasteiger charge is -2.03. The molecule has 0 unspecified atom stereocenters. The fourth-order valence-electron chi connectivity index (χ4n) is 1.55. The van der Waals surface area contributed by atoms with Gasteiger partial charge in [-0.2, -0.15) is 5.10 Å². The molecule has 1 aromatic heterocycles. The normalized spacial score (nSPS) is 11.3. The van der Waals surface area contributed by atoms with E-state index >= 15 is 0 Å². The highest BCUT2D eigenvalue weighted by atomic mass is 19.3. The lowest BCUT2D eigenvalue weighted by molar-refractivity contribution is 0.121. The highest BCUT2D eigenvalue weighted by Crippen LogP contribution is 2.14. The molecule has 1 heterocycles. The van der Waals surface area contributed by atoms with Gasteiger partial charge in [-0.15, -0.1) is 0 Å². The lowest BCUT2D eigenvalue weighted by atomic mass is 10.1. The molecular weight excluding hydrogens is 188 g/mol. The fourth-order valence-corrected chi connectivity index (χ4v) is 1.55. The van der Waals surface area contributed by atoms with Crippen molar-refractivity contribution in [2.24, 2.45) is 5.73 Å². The molecule has 14 heavy (non-hydrogen) atoms. The molecule has 3 nitrogen and oxygen atoms in total. The first kappa shape index (κ1) is 11.1. The second kappa shape index (κ2) is 4.50. The molecule has 0 bridgehead atoms. The van der Waals surface area contributed by atoms with E-state index in [1.54, 1.807) is 6.92 Å². The van der Waals surface area contributed by atoms with Crippen LogP contribution < -0.4 is 5.73 Å². The van der Waals surface area contributed by atoms with Gasteiger partial charge in [-0.05, 0) is 32.4 Å². The minimum Gasteiger partial charge on any atom is -0.330 e. The zero-order chi connectivity index (χ0) is 10.7. The van der Waals surface area contributed by atoms with Crippen molar-refractivity contribution in [3.63, 3.8) is 0 Å². The van der Waals surface area contributed by atoms with Crippen molar-refractivity contribution in [2.45, 2.75) is 33.2 Å². The van der Waals surface area contributed by atoms with Crippen LogP contribution in [0.3, 0.4) is 0 Å². The molecule has 2 N–H and O–H groups in total.